The van der Waals surface area contributed by atoms with Crippen molar-refractivity contribution in [3.05, 3.63) is 70.9 Å². The van der Waals surface area contributed by atoms with Crippen LogP contribution in [-0.2, 0) is 16.1 Å². The number of carbonyl (C=O) groups excluding carboxylic acids is 2. The van der Waals surface area contributed by atoms with Crippen LogP contribution in [0.1, 0.15) is 29.3 Å². The maximum absolute atomic E-state index is 14.6. The van der Waals surface area contributed by atoms with Crippen LogP contribution in [0.15, 0.2) is 41.8 Å². The Morgan fingerprint density at radius 2 is 1.79 bits per heavy atom. The number of rotatable bonds is 6. The number of urea groups is 1. The Morgan fingerprint density at radius 3 is 2.49 bits per heavy atom. The van der Waals surface area contributed by atoms with Gasteiger partial charge in [-0.3, -0.25) is 9.78 Å². The maximum atomic E-state index is 14.6. The summed E-state index contributed by atoms with van der Waals surface area (Å²) in [6.45, 7) is 4.09. The number of likely N-dealkylation sites (tertiary alicyclic amines) is 1. The van der Waals surface area contributed by atoms with Crippen LogP contribution in [0.4, 0.5) is 18.0 Å². The van der Waals surface area contributed by atoms with Gasteiger partial charge in [-0.2, -0.15) is 5.10 Å². The summed E-state index contributed by atoms with van der Waals surface area (Å²) in [5, 5.41) is 5.29. The molecule has 5 rings (SSSR count). The van der Waals surface area contributed by atoms with Crippen LogP contribution in [0.5, 0.6) is 5.75 Å². The molecule has 0 radical (unpaired) electrons. The fourth-order valence-corrected chi connectivity index (χ4v) is 4.86. The van der Waals surface area contributed by atoms with Gasteiger partial charge < -0.3 is 18.9 Å². The smallest absolute Gasteiger partial charge is 0.341 e. The normalized spacial score (nSPS) is 16.9. The van der Waals surface area contributed by atoms with E-state index in [1.807, 2.05) is 13.8 Å². The average Bonchev–Trinajstić information content (AvgIpc) is 3.46. The molecule has 204 valence electrons. The molecule has 2 aromatic heterocycles. The van der Waals surface area contributed by atoms with Gasteiger partial charge >= 0.3 is 12.0 Å². The first kappa shape index (κ1) is 26.3. The second kappa shape index (κ2) is 10.4. The van der Waals surface area contributed by atoms with Gasteiger partial charge in [-0.1, -0.05) is 0 Å². The topological polar surface area (TPSA) is 89.3 Å². The third kappa shape index (κ3) is 5.18. The van der Waals surface area contributed by atoms with Crippen LogP contribution in [0.25, 0.3) is 11.3 Å². The second-order valence-corrected chi connectivity index (χ2v) is 9.50. The minimum Gasteiger partial charge on any atom is -0.483 e. The molecule has 2 amide bonds. The highest BCUT2D eigenvalue weighted by Gasteiger charge is 2.39. The highest BCUT2D eigenvalue weighted by atomic mass is 19.1. The van der Waals surface area contributed by atoms with Crippen molar-refractivity contribution >= 4 is 18.2 Å². The standard InChI is InChI=1S/C27H26F3N5O4/c1-15-11-33(14-25(36)38-3)16(2)26(15)22-9-24(21(30)10-31-22)39-20-12-34(13-20)27(37)35-23(4-5-32-35)17-6-18(28)8-19(29)7-17/h5-11,20,23H,4,12-14H2,1-3H3/t23-/m0/s1. The Labute approximate surface area is 222 Å². The highest BCUT2D eigenvalue weighted by Crippen LogP contribution is 2.34. The maximum Gasteiger partial charge on any atom is 0.341 e. The number of carbonyl (C=O) groups is 2. The molecule has 1 aromatic carbocycles. The summed E-state index contributed by atoms with van der Waals surface area (Å²) in [7, 11) is 1.32. The predicted molar refractivity (Wildman–Crippen MR) is 135 cm³/mol. The first-order valence-corrected chi connectivity index (χ1v) is 12.3. The summed E-state index contributed by atoms with van der Waals surface area (Å²) in [6, 6.07) is 3.57. The highest BCUT2D eigenvalue weighted by molar-refractivity contribution is 5.79. The molecule has 2 aliphatic rings. The first-order chi connectivity index (χ1) is 18.6. The Kier molecular flexibility index (Phi) is 7.02. The van der Waals surface area contributed by atoms with Crippen molar-refractivity contribution in [1.29, 1.82) is 0 Å². The molecule has 0 aliphatic carbocycles. The molecule has 0 bridgehead atoms. The molecule has 2 aliphatic heterocycles. The molecule has 4 heterocycles. The van der Waals surface area contributed by atoms with Crippen LogP contribution in [0, 0.1) is 31.3 Å². The van der Waals surface area contributed by atoms with Crippen LogP contribution in [-0.4, -0.2) is 64.0 Å². The third-order valence-electron chi connectivity index (χ3n) is 6.85. The molecular weight excluding hydrogens is 515 g/mol. The lowest BCUT2D eigenvalue weighted by atomic mass is 10.0. The zero-order valence-corrected chi connectivity index (χ0v) is 21.5. The SMILES string of the molecule is COC(=O)Cn1cc(C)c(-c2cc(OC3CN(C(=O)N4N=CC[C@H]4c4cc(F)cc(F)c4)C3)c(F)cn2)c1C. The van der Waals surface area contributed by atoms with Crippen LogP contribution in [0.2, 0.25) is 0 Å². The molecule has 0 unspecified atom stereocenters. The molecule has 0 spiro atoms. The number of aryl methyl sites for hydroxylation is 1. The van der Waals surface area contributed by atoms with Crippen molar-refractivity contribution in [3.8, 4) is 17.0 Å². The number of ether oxygens (including phenoxy) is 2. The van der Waals surface area contributed by atoms with E-state index in [0.29, 0.717) is 17.7 Å². The number of benzene rings is 1. The van der Waals surface area contributed by atoms with E-state index in [4.69, 9.17) is 9.47 Å². The van der Waals surface area contributed by atoms with Gasteiger partial charge in [0, 0.05) is 42.2 Å². The van der Waals surface area contributed by atoms with Crippen molar-refractivity contribution < 1.29 is 32.2 Å². The van der Waals surface area contributed by atoms with E-state index in [1.165, 1.54) is 41.4 Å². The zero-order chi connectivity index (χ0) is 27.8. The number of pyridine rings is 1. The van der Waals surface area contributed by atoms with Crippen LogP contribution >= 0.6 is 0 Å². The van der Waals surface area contributed by atoms with E-state index in [1.54, 1.807) is 10.8 Å². The van der Waals surface area contributed by atoms with Crippen molar-refractivity contribution in [2.24, 2.45) is 5.10 Å². The van der Waals surface area contributed by atoms with E-state index in [2.05, 4.69) is 10.1 Å². The molecule has 39 heavy (non-hydrogen) atoms. The van der Waals surface area contributed by atoms with E-state index in [0.717, 1.165) is 29.1 Å². The number of hydrogen-bond donors (Lipinski definition) is 0. The number of hydrogen-bond acceptors (Lipinski definition) is 6. The molecule has 1 fully saturated rings. The van der Waals surface area contributed by atoms with Crippen molar-refractivity contribution in [2.75, 3.05) is 20.2 Å². The van der Waals surface area contributed by atoms with Gasteiger partial charge in [-0.15, -0.1) is 0 Å². The minimum absolute atomic E-state index is 0.0103. The molecule has 0 saturated carbocycles. The molecule has 1 saturated heterocycles. The quantitative estimate of drug-likeness (QED) is 0.433. The fraction of sp³-hybridized carbons (Fsp3) is 0.333. The Balaban J connectivity index is 1.26. The lowest BCUT2D eigenvalue weighted by Crippen LogP contribution is -2.58. The summed E-state index contributed by atoms with van der Waals surface area (Å²) in [5.74, 6) is -2.51. The first-order valence-electron chi connectivity index (χ1n) is 12.3. The van der Waals surface area contributed by atoms with E-state index >= 15 is 0 Å². The summed E-state index contributed by atoms with van der Waals surface area (Å²) < 4.78 is 54.4. The van der Waals surface area contributed by atoms with Crippen molar-refractivity contribution in [1.82, 2.24) is 19.5 Å². The zero-order valence-electron chi connectivity index (χ0n) is 21.5. The Hall–Kier alpha value is -4.35. The molecule has 1 atom stereocenters. The van der Waals surface area contributed by atoms with Gasteiger partial charge in [0.2, 0.25) is 0 Å². The number of nitrogens with zero attached hydrogens (tertiary/aromatic N) is 5. The van der Waals surface area contributed by atoms with Crippen LogP contribution in [0.3, 0.4) is 0 Å². The number of aromatic nitrogens is 2. The largest absolute Gasteiger partial charge is 0.483 e. The van der Waals surface area contributed by atoms with Gasteiger partial charge in [-0.05, 0) is 37.1 Å². The summed E-state index contributed by atoms with van der Waals surface area (Å²) in [6.07, 6.45) is 4.25. The monoisotopic (exact) mass is 541 g/mol. The van der Waals surface area contributed by atoms with Gasteiger partial charge in [-0.25, -0.2) is 23.0 Å². The van der Waals surface area contributed by atoms with E-state index in [-0.39, 0.29) is 25.4 Å². The van der Waals surface area contributed by atoms with Gasteiger partial charge in [0.15, 0.2) is 11.6 Å². The number of esters is 1. The summed E-state index contributed by atoms with van der Waals surface area (Å²) in [5.41, 5.74) is 3.15. The number of methoxy groups -OCH3 is 1. The van der Waals surface area contributed by atoms with E-state index in [9.17, 15) is 22.8 Å². The number of amides is 2. The molecule has 9 nitrogen and oxygen atoms in total. The second-order valence-electron chi connectivity index (χ2n) is 9.50. The van der Waals surface area contributed by atoms with Crippen LogP contribution < -0.4 is 4.74 Å². The lowest BCUT2D eigenvalue weighted by Gasteiger charge is -2.41. The fourth-order valence-electron chi connectivity index (χ4n) is 4.86. The minimum atomic E-state index is -0.731. The van der Waals surface area contributed by atoms with Gasteiger partial charge in [0.1, 0.15) is 24.3 Å². The van der Waals surface area contributed by atoms with Crippen molar-refractivity contribution in [3.63, 3.8) is 0 Å². The molecule has 0 N–H and O–H groups in total. The molecule has 12 heteroatoms. The number of halogens is 3. The average molecular weight is 542 g/mol. The molecular formula is C27H26F3N5O4. The number of hydrazone groups is 1. The van der Waals surface area contributed by atoms with Gasteiger partial charge in [0.05, 0.1) is 38.1 Å². The summed E-state index contributed by atoms with van der Waals surface area (Å²) >= 11 is 0. The predicted octanol–water partition coefficient (Wildman–Crippen LogP) is 4.37. The van der Waals surface area contributed by atoms with E-state index < -0.39 is 41.6 Å². The third-order valence-corrected chi connectivity index (χ3v) is 6.85. The van der Waals surface area contributed by atoms with Gasteiger partial charge in [0.25, 0.3) is 0 Å². The molecule has 3 aromatic rings. The Morgan fingerprint density at radius 1 is 1.08 bits per heavy atom. The lowest BCUT2D eigenvalue weighted by molar-refractivity contribution is -0.141. The van der Waals surface area contributed by atoms with Crippen molar-refractivity contribution in [2.45, 2.75) is 39.0 Å². The Bertz CT molecular complexity index is 1450. The summed E-state index contributed by atoms with van der Waals surface area (Å²) in [4.78, 5) is 30.4.